The number of carbonyl (C=O) groups excluding carboxylic acids is 5. The molecule has 3 aliphatic rings. The van der Waals surface area contributed by atoms with Crippen LogP contribution >= 0.6 is 11.3 Å². The van der Waals surface area contributed by atoms with Gasteiger partial charge in [0.2, 0.25) is 27.5 Å². The first-order valence-electron chi connectivity index (χ1n) is 28.0. The number of hydrogen-bond donors (Lipinski definition) is 1. The summed E-state index contributed by atoms with van der Waals surface area (Å²) in [6.07, 6.45) is 0.964. The zero-order valence-corrected chi connectivity index (χ0v) is 48.1. The molecule has 1 aromatic heterocycles. The number of thiophene rings is 1. The summed E-state index contributed by atoms with van der Waals surface area (Å²) in [5, 5.41) is 50.9. The fraction of sp³-hybridized carbons (Fsp3) is 0.0972. The lowest BCUT2D eigenvalue weighted by molar-refractivity contribution is -0.166. The van der Waals surface area contributed by atoms with Gasteiger partial charge in [-0.25, -0.2) is 9.98 Å². The van der Waals surface area contributed by atoms with Gasteiger partial charge < -0.3 is 24.1 Å². The average Bonchev–Trinajstić information content (AvgIpc) is 1.56. The first-order valence-corrected chi connectivity index (χ1v) is 28.8. The van der Waals surface area contributed by atoms with Gasteiger partial charge in [0.05, 0.1) is 33.6 Å². The number of rotatable bonds is 14. The van der Waals surface area contributed by atoms with Gasteiger partial charge in [0.1, 0.15) is 62.5 Å². The van der Waals surface area contributed by atoms with Crippen molar-refractivity contribution < 1.29 is 48.0 Å². The predicted molar refractivity (Wildman–Crippen MR) is 330 cm³/mol. The van der Waals surface area contributed by atoms with Crippen LogP contribution in [0.1, 0.15) is 88.8 Å². The number of carbonyl (C=O) groups is 5. The van der Waals surface area contributed by atoms with Crippen molar-refractivity contribution in [2.45, 2.75) is 43.4 Å². The van der Waals surface area contributed by atoms with Crippen molar-refractivity contribution in [1.29, 1.82) is 21.0 Å². The molecular formula is C72H40N6O12S. The van der Waals surface area contributed by atoms with Crippen LogP contribution in [0.3, 0.4) is 0 Å². The second kappa shape index (κ2) is 23.0. The number of Topliss-reactive ketones (excluding diaryl/α,β-unsaturated/α-hetero) is 1. The summed E-state index contributed by atoms with van der Waals surface area (Å²) in [5.74, 6) is -5.68. The third kappa shape index (κ3) is 9.54. The highest BCUT2D eigenvalue weighted by molar-refractivity contribution is 7.25. The van der Waals surface area contributed by atoms with Crippen LogP contribution in [0.15, 0.2) is 201 Å². The van der Waals surface area contributed by atoms with Gasteiger partial charge in [-0.2, -0.15) is 21.0 Å². The molecule has 0 saturated carbocycles. The van der Waals surface area contributed by atoms with Crippen molar-refractivity contribution in [1.82, 2.24) is 0 Å². The highest BCUT2D eigenvalue weighted by Crippen LogP contribution is 2.52. The van der Waals surface area contributed by atoms with Crippen molar-refractivity contribution in [3.63, 3.8) is 0 Å². The summed E-state index contributed by atoms with van der Waals surface area (Å²) in [6, 6.07) is 52.9. The zero-order chi connectivity index (χ0) is 63.3. The monoisotopic (exact) mass is 1210 g/mol. The van der Waals surface area contributed by atoms with Crippen molar-refractivity contribution >= 4 is 89.8 Å². The Balaban J connectivity index is 1.04. The molecule has 0 radical (unpaired) electrons. The quantitative estimate of drug-likeness (QED) is 0.0602. The summed E-state index contributed by atoms with van der Waals surface area (Å²) < 4.78 is 25.4. The molecule has 0 spiro atoms. The minimum absolute atomic E-state index is 0.0400. The molecule has 0 saturated heterocycles. The molecule has 9 aromatic carbocycles. The van der Waals surface area contributed by atoms with Crippen LogP contribution < -0.4 is 16.2 Å². The maximum absolute atomic E-state index is 15.7. The summed E-state index contributed by atoms with van der Waals surface area (Å²) >= 11 is 1.22. The molecule has 0 aliphatic heterocycles. The highest BCUT2D eigenvalue weighted by atomic mass is 32.1. The van der Waals surface area contributed by atoms with E-state index in [1.807, 2.05) is 24.3 Å². The molecule has 3 aliphatic carbocycles. The smallest absolute Gasteiger partial charge is 0.334 e. The van der Waals surface area contributed by atoms with Gasteiger partial charge in [0, 0.05) is 36.5 Å². The van der Waals surface area contributed by atoms with Gasteiger partial charge in [0.15, 0.2) is 5.36 Å². The zero-order valence-electron chi connectivity index (χ0n) is 47.3. The molecule has 0 amide bonds. The van der Waals surface area contributed by atoms with Gasteiger partial charge in [-0.05, 0) is 111 Å². The Morgan fingerprint density at radius 3 is 1.19 bits per heavy atom. The van der Waals surface area contributed by atoms with Gasteiger partial charge in [-0.15, -0.1) is 11.3 Å². The number of aliphatic hydroxyl groups excluding tert-OH is 1. The Morgan fingerprint density at radius 1 is 0.462 bits per heavy atom. The molecule has 1 N–H and O–H groups in total. The van der Waals surface area contributed by atoms with E-state index >= 15 is 19.2 Å². The van der Waals surface area contributed by atoms with E-state index in [-0.39, 0.29) is 92.8 Å². The number of benzene rings is 8. The SMILES string of the molecule is N#Cc1cc2c(cc1C#N)C(O)/C(=N\C1=Cc3cc4sc5cc6c(cc5c4cc3C1(C(=O)OCc1ccccc1)C(=O)OCc1ccccc1)C(C(=O)OCc1ccccc1)(C(=O)OCc1ccccc1)C(N=c1c(=O)c3cc(C#N)c(C#N)cc3c1=O)=C6)C2=O. The Bertz CT molecular complexity index is 5110. The van der Waals surface area contributed by atoms with Crippen molar-refractivity contribution in [2.24, 2.45) is 9.98 Å². The van der Waals surface area contributed by atoms with Gasteiger partial charge in [0.25, 0.3) is 0 Å². The molecule has 0 fully saturated rings. The van der Waals surface area contributed by atoms with Crippen molar-refractivity contribution in [3.8, 4) is 24.3 Å². The number of esters is 4. The normalized spacial score (nSPS) is 15.1. The van der Waals surface area contributed by atoms with Crippen LogP contribution in [0.2, 0.25) is 0 Å². The number of ketones is 1. The lowest BCUT2D eigenvalue weighted by Crippen LogP contribution is -2.47. The maximum atomic E-state index is 15.7. The predicted octanol–water partition coefficient (Wildman–Crippen LogP) is 9.42. The molecule has 1 atom stereocenters. The van der Waals surface area contributed by atoms with E-state index in [1.54, 1.807) is 133 Å². The Kier molecular flexibility index (Phi) is 14.6. The van der Waals surface area contributed by atoms with Crippen LogP contribution in [0.25, 0.3) is 43.1 Å². The number of ether oxygens (including phenoxy) is 4. The Hall–Kier alpha value is -12.4. The summed E-state index contributed by atoms with van der Waals surface area (Å²) in [6.45, 7) is -1.48. The van der Waals surface area contributed by atoms with E-state index in [0.717, 1.165) is 12.1 Å². The van der Waals surface area contributed by atoms with Crippen molar-refractivity contribution in [3.05, 3.63) is 285 Å². The minimum atomic E-state index is -2.72. The topological polar surface area (TPSA) is 297 Å². The number of nitrogens with zero attached hydrogens (tertiary/aromatic N) is 6. The number of hydrogen-bond acceptors (Lipinski definition) is 19. The lowest BCUT2D eigenvalue weighted by atomic mass is 9.78. The average molecular weight is 1210 g/mol. The highest BCUT2D eigenvalue weighted by Gasteiger charge is 2.60. The van der Waals surface area contributed by atoms with E-state index in [4.69, 9.17) is 23.9 Å². The fourth-order valence-corrected chi connectivity index (χ4v) is 12.9. The number of aliphatic imine (C=N–C) groups is 1. The van der Waals surface area contributed by atoms with Crippen LogP contribution in [0, 0.1) is 45.3 Å². The van der Waals surface area contributed by atoms with Crippen LogP contribution in [0.5, 0.6) is 0 Å². The second-order valence-electron chi connectivity index (χ2n) is 21.5. The molecule has 10 aromatic rings. The van der Waals surface area contributed by atoms with Gasteiger partial charge in [-0.3, -0.25) is 33.6 Å². The third-order valence-corrected chi connectivity index (χ3v) is 17.4. The van der Waals surface area contributed by atoms with E-state index in [0.29, 0.717) is 42.4 Å². The van der Waals surface area contributed by atoms with E-state index in [2.05, 4.69) is 4.99 Å². The first-order chi connectivity index (χ1) is 44.2. The molecule has 91 heavy (non-hydrogen) atoms. The van der Waals surface area contributed by atoms with E-state index in [9.17, 15) is 40.5 Å². The molecule has 436 valence electrons. The number of nitriles is 4. The van der Waals surface area contributed by atoms with Crippen molar-refractivity contribution in [2.75, 3.05) is 0 Å². The third-order valence-electron chi connectivity index (χ3n) is 16.3. The Morgan fingerprint density at radius 2 is 0.813 bits per heavy atom. The molecule has 19 heteroatoms. The standard InChI is InChI=1S/C72H40N6O12S/c73-31-45-21-51-52(22-46(45)32-74)64(80)61(63(51)79)77-59-27-43-25-57-49(29-55(43)71(59,67(83)87-35-39-13-5-1-6-14-39)68(84)88-36-40-15-7-2-8-16-40)50-30-56-44(26-58(50)91-57)28-60(78-62-65(81)53-23-47(33-75)48(34-76)24-54(53)66(62)82)72(56,69(85)89-37-41-17-9-3-10-18-41)70(86)90-38-42-19-11-4-12-20-42/h1-30,63,79H,35-38H2/b77-61+. The molecule has 13 rings (SSSR count). The molecule has 18 nitrogen and oxygen atoms in total. The fourth-order valence-electron chi connectivity index (χ4n) is 11.8. The maximum Gasteiger partial charge on any atom is 0.334 e. The molecule has 1 unspecified atom stereocenters. The van der Waals surface area contributed by atoms with Crippen LogP contribution in [-0.4, -0.2) is 40.5 Å². The summed E-state index contributed by atoms with van der Waals surface area (Å²) in [7, 11) is 0. The summed E-state index contributed by atoms with van der Waals surface area (Å²) in [5.41, 5.74) is -7.06. The Labute approximate surface area is 518 Å². The second-order valence-corrected chi connectivity index (χ2v) is 22.6. The molecular weight excluding hydrogens is 1170 g/mol. The molecule has 1 heterocycles. The lowest BCUT2D eigenvalue weighted by Gasteiger charge is -2.28. The largest absolute Gasteiger partial charge is 0.459 e. The summed E-state index contributed by atoms with van der Waals surface area (Å²) in [4.78, 5) is 115. The van der Waals surface area contributed by atoms with Crippen LogP contribution in [-0.2, 0) is 75.4 Å². The van der Waals surface area contributed by atoms with Gasteiger partial charge >= 0.3 is 23.9 Å². The number of fused-ring (bicyclic) bond motifs is 7. The van der Waals surface area contributed by atoms with Gasteiger partial charge in [-0.1, -0.05) is 121 Å². The number of aliphatic hydroxyl groups is 1. The minimum Gasteiger partial charge on any atom is -0.459 e. The molecule has 0 bridgehead atoms. The first kappa shape index (κ1) is 57.7. The van der Waals surface area contributed by atoms with Crippen LogP contribution in [0.4, 0.5) is 0 Å². The van der Waals surface area contributed by atoms with E-state index in [1.165, 1.54) is 47.8 Å². The van der Waals surface area contributed by atoms with E-state index < -0.39 is 79.9 Å².